The average Bonchev–Trinajstić information content (AvgIpc) is 2.69. The van der Waals surface area contributed by atoms with Gasteiger partial charge in [0.05, 0.1) is 11.6 Å². The Morgan fingerprint density at radius 1 is 1.23 bits per heavy atom. The molecule has 2 aliphatic heterocycles. The van der Waals surface area contributed by atoms with Crippen molar-refractivity contribution in [2.75, 3.05) is 19.7 Å². The van der Waals surface area contributed by atoms with Gasteiger partial charge in [-0.1, -0.05) is 25.1 Å². The fraction of sp³-hybridized carbons (Fsp3) is 0.409. The van der Waals surface area contributed by atoms with Crippen LogP contribution in [-0.2, 0) is 0 Å². The molecule has 0 radical (unpaired) electrons. The van der Waals surface area contributed by atoms with E-state index in [1.807, 2.05) is 36.4 Å². The number of carbonyl (C=O) groups excluding carboxylic acids is 1. The Kier molecular flexibility index (Phi) is 4.93. The highest BCUT2D eigenvalue weighted by atomic mass is 16.5. The minimum absolute atomic E-state index is 0.324. The Labute approximate surface area is 154 Å². The van der Waals surface area contributed by atoms with E-state index in [0.717, 1.165) is 38.3 Å². The van der Waals surface area contributed by atoms with Crippen LogP contribution in [0.5, 0.6) is 11.5 Å². The molecule has 0 amide bonds. The van der Waals surface area contributed by atoms with Gasteiger partial charge in [0.1, 0.15) is 18.1 Å². The van der Waals surface area contributed by atoms with Gasteiger partial charge in [0.15, 0.2) is 0 Å². The molecule has 2 aromatic carbocycles. The van der Waals surface area contributed by atoms with E-state index in [9.17, 15) is 4.79 Å². The molecule has 0 bridgehead atoms. The molecule has 0 aromatic heterocycles. The molecule has 0 aliphatic carbocycles. The van der Waals surface area contributed by atoms with E-state index in [1.165, 1.54) is 12.0 Å². The van der Waals surface area contributed by atoms with Gasteiger partial charge in [0.25, 0.3) is 0 Å². The number of fused-ring (bicyclic) bond motifs is 3. The summed E-state index contributed by atoms with van der Waals surface area (Å²) in [7, 11) is 0. The number of carbonyl (C=O) groups is 1. The summed E-state index contributed by atoms with van der Waals surface area (Å²) < 4.78 is 11.6. The summed E-state index contributed by atoms with van der Waals surface area (Å²) in [4.78, 5) is 14.9. The normalized spacial score (nSPS) is 22.0. The maximum absolute atomic E-state index is 12.3. The summed E-state index contributed by atoms with van der Waals surface area (Å²) in [5, 5.41) is 0. The first-order valence-corrected chi connectivity index (χ1v) is 9.54. The smallest absolute Gasteiger partial charge is 0.343 e. The molecule has 0 saturated carbocycles. The van der Waals surface area contributed by atoms with Crippen LogP contribution in [-0.4, -0.2) is 36.6 Å². The molecule has 4 nitrogen and oxygen atoms in total. The van der Waals surface area contributed by atoms with E-state index in [0.29, 0.717) is 23.3 Å². The molecule has 2 heterocycles. The second-order valence-electron chi connectivity index (χ2n) is 7.12. The third-order valence-corrected chi connectivity index (χ3v) is 5.42. The summed E-state index contributed by atoms with van der Waals surface area (Å²) in [6, 6.07) is 15.3. The van der Waals surface area contributed by atoms with Crippen molar-refractivity contribution in [2.24, 2.45) is 0 Å². The molecule has 2 aromatic rings. The third-order valence-electron chi connectivity index (χ3n) is 5.42. The van der Waals surface area contributed by atoms with E-state index in [-0.39, 0.29) is 5.97 Å². The van der Waals surface area contributed by atoms with Crippen LogP contribution in [0.15, 0.2) is 48.5 Å². The number of nitrogens with zero attached hydrogens (tertiary/aromatic N) is 1. The Morgan fingerprint density at radius 2 is 2.08 bits per heavy atom. The van der Waals surface area contributed by atoms with Gasteiger partial charge in [0.2, 0.25) is 0 Å². The van der Waals surface area contributed by atoms with Gasteiger partial charge >= 0.3 is 5.97 Å². The van der Waals surface area contributed by atoms with Gasteiger partial charge in [-0.25, -0.2) is 4.79 Å². The first kappa shape index (κ1) is 17.1. The van der Waals surface area contributed by atoms with Crippen molar-refractivity contribution < 1.29 is 14.3 Å². The summed E-state index contributed by atoms with van der Waals surface area (Å²) in [6.45, 7) is 5.24. The fourth-order valence-corrected chi connectivity index (χ4v) is 4.20. The topological polar surface area (TPSA) is 38.8 Å². The number of hydrogen-bond acceptors (Lipinski definition) is 4. The number of likely N-dealkylation sites (tertiary alicyclic amines) is 1. The van der Waals surface area contributed by atoms with Gasteiger partial charge in [-0.3, -0.25) is 4.90 Å². The Bertz CT molecular complexity index is 772. The van der Waals surface area contributed by atoms with Crippen LogP contribution in [0.3, 0.4) is 0 Å². The number of piperidine rings is 1. The highest BCUT2D eigenvalue weighted by Gasteiger charge is 2.37. The van der Waals surface area contributed by atoms with Crippen LogP contribution < -0.4 is 9.47 Å². The fourth-order valence-electron chi connectivity index (χ4n) is 4.20. The summed E-state index contributed by atoms with van der Waals surface area (Å²) in [6.07, 6.45) is 3.52. The first-order valence-electron chi connectivity index (χ1n) is 9.54. The molecular formula is C22H25NO3. The van der Waals surface area contributed by atoms with Crippen molar-refractivity contribution in [2.45, 2.75) is 38.1 Å². The quantitative estimate of drug-likeness (QED) is 0.609. The van der Waals surface area contributed by atoms with Crippen molar-refractivity contribution in [3.63, 3.8) is 0 Å². The van der Waals surface area contributed by atoms with E-state index < -0.39 is 0 Å². The molecule has 4 heteroatoms. The lowest BCUT2D eigenvalue weighted by Crippen LogP contribution is -2.49. The predicted octanol–water partition coefficient (Wildman–Crippen LogP) is 4.26. The summed E-state index contributed by atoms with van der Waals surface area (Å²) >= 11 is 0. The number of ether oxygens (including phenoxy) is 2. The minimum Gasteiger partial charge on any atom is -0.492 e. The third kappa shape index (κ3) is 3.34. The molecule has 4 rings (SSSR count). The van der Waals surface area contributed by atoms with Gasteiger partial charge < -0.3 is 9.47 Å². The Hall–Kier alpha value is -2.33. The molecule has 2 unspecified atom stereocenters. The van der Waals surface area contributed by atoms with Crippen LogP contribution in [0.25, 0.3) is 0 Å². The van der Waals surface area contributed by atoms with Crippen molar-refractivity contribution >= 4 is 5.97 Å². The first-order chi connectivity index (χ1) is 12.8. The highest BCUT2D eigenvalue weighted by Crippen LogP contribution is 2.42. The second kappa shape index (κ2) is 7.50. The minimum atomic E-state index is -0.324. The average molecular weight is 351 g/mol. The Balaban J connectivity index is 1.56. The zero-order valence-corrected chi connectivity index (χ0v) is 15.2. The molecule has 1 fully saturated rings. The number of benzene rings is 2. The number of rotatable bonds is 4. The van der Waals surface area contributed by atoms with Crippen molar-refractivity contribution in [1.82, 2.24) is 4.90 Å². The maximum atomic E-state index is 12.3. The molecular weight excluding hydrogens is 326 g/mol. The van der Waals surface area contributed by atoms with E-state index >= 15 is 0 Å². The van der Waals surface area contributed by atoms with Crippen LogP contribution in [0.4, 0.5) is 0 Å². The van der Waals surface area contributed by atoms with Crippen LogP contribution in [0.2, 0.25) is 0 Å². The molecule has 0 spiro atoms. The van der Waals surface area contributed by atoms with Crippen LogP contribution >= 0.6 is 0 Å². The maximum Gasteiger partial charge on any atom is 0.343 e. The van der Waals surface area contributed by atoms with Crippen LogP contribution in [0.1, 0.15) is 48.0 Å². The lowest BCUT2D eigenvalue weighted by atomic mass is 9.81. The molecule has 1 saturated heterocycles. The lowest BCUT2D eigenvalue weighted by molar-refractivity contribution is 0.0651. The zero-order valence-electron chi connectivity index (χ0n) is 15.2. The van der Waals surface area contributed by atoms with Gasteiger partial charge in [-0.15, -0.1) is 0 Å². The second-order valence-corrected chi connectivity index (χ2v) is 7.12. The van der Waals surface area contributed by atoms with Crippen molar-refractivity contribution in [1.29, 1.82) is 0 Å². The lowest BCUT2D eigenvalue weighted by Gasteiger charge is -2.44. The summed E-state index contributed by atoms with van der Waals surface area (Å²) in [5.41, 5.74) is 1.74. The monoisotopic (exact) mass is 351 g/mol. The van der Waals surface area contributed by atoms with E-state index in [4.69, 9.17) is 9.47 Å². The standard InChI is InChI=1S/C22H25NO3/c1-2-12-23-13-6-9-18-19-14-17(10-11-21(19)25-15-20(18)23)26-22(24)16-7-4-3-5-8-16/h3-5,7-8,10-11,14,18,20H,2,6,9,12-13,15H2,1H3. The number of hydrogen-bond donors (Lipinski definition) is 0. The Morgan fingerprint density at radius 3 is 2.88 bits per heavy atom. The predicted molar refractivity (Wildman–Crippen MR) is 101 cm³/mol. The van der Waals surface area contributed by atoms with Gasteiger partial charge in [-0.05, 0) is 62.7 Å². The van der Waals surface area contributed by atoms with Crippen molar-refractivity contribution in [3.05, 3.63) is 59.7 Å². The summed E-state index contributed by atoms with van der Waals surface area (Å²) in [5.74, 6) is 1.66. The number of esters is 1. The molecule has 136 valence electrons. The zero-order chi connectivity index (χ0) is 17.9. The largest absolute Gasteiger partial charge is 0.492 e. The van der Waals surface area contributed by atoms with E-state index in [1.54, 1.807) is 12.1 Å². The SMILES string of the molecule is CCCN1CCCC2c3cc(OC(=O)c4ccccc4)ccc3OCC21. The van der Waals surface area contributed by atoms with E-state index in [2.05, 4.69) is 11.8 Å². The van der Waals surface area contributed by atoms with Crippen molar-refractivity contribution in [3.8, 4) is 11.5 Å². The molecule has 0 N–H and O–H groups in total. The molecule has 26 heavy (non-hydrogen) atoms. The molecule has 2 aliphatic rings. The van der Waals surface area contributed by atoms with Gasteiger partial charge in [0, 0.05) is 11.5 Å². The van der Waals surface area contributed by atoms with Crippen LogP contribution in [0, 0.1) is 0 Å². The molecule has 2 atom stereocenters. The highest BCUT2D eigenvalue weighted by molar-refractivity contribution is 5.91. The van der Waals surface area contributed by atoms with Gasteiger partial charge in [-0.2, -0.15) is 0 Å².